The van der Waals surface area contributed by atoms with Crippen LogP contribution in [0.3, 0.4) is 0 Å². The molecule has 15 heteroatoms. The quantitative estimate of drug-likeness (QED) is 0.0482. The van der Waals surface area contributed by atoms with Crippen molar-refractivity contribution in [2.24, 2.45) is 0 Å². The van der Waals surface area contributed by atoms with Crippen molar-refractivity contribution in [3.05, 3.63) is 0 Å². The van der Waals surface area contributed by atoms with Crippen LogP contribution in [0.2, 0.25) is 0 Å². The summed E-state index contributed by atoms with van der Waals surface area (Å²) in [5.74, 6) is -2.90. The normalized spacial score (nSPS) is 11.5. The van der Waals surface area contributed by atoms with Crippen molar-refractivity contribution >= 4 is 35.9 Å². The van der Waals surface area contributed by atoms with E-state index in [2.05, 4.69) is 16.0 Å². The number of aliphatic carboxylic acids is 2. The standard InChI is InChI=1S/C32H57N3O12/c36-18-21-46-23-22-44-20-17-34-30(39)26-47-25-24-45-19-16-33-28(37)15-14-27(32(42)43)35-29(38)12-10-8-6-4-2-1-3-5-7-9-11-13-31(40)41/h18,27H,1-17,19-26H2,(H,33,37)(H,34,39)(H,35,38)(H,40,41)(H,42,43)/t27-/m1/s1. The molecule has 0 saturated heterocycles. The minimum absolute atomic E-state index is 0.0226. The largest absolute Gasteiger partial charge is 0.481 e. The van der Waals surface area contributed by atoms with Gasteiger partial charge in [0.05, 0.1) is 39.6 Å². The second-order valence-corrected chi connectivity index (χ2v) is 11.0. The number of hydrogen-bond acceptors (Lipinski definition) is 10. The van der Waals surface area contributed by atoms with Crippen LogP contribution < -0.4 is 16.0 Å². The first-order valence-corrected chi connectivity index (χ1v) is 16.8. The maximum absolute atomic E-state index is 12.2. The monoisotopic (exact) mass is 675 g/mol. The van der Waals surface area contributed by atoms with Crippen LogP contribution in [-0.2, 0) is 47.7 Å². The summed E-state index contributed by atoms with van der Waals surface area (Å²) in [5.41, 5.74) is 0. The maximum Gasteiger partial charge on any atom is 0.326 e. The Bertz CT molecular complexity index is 859. The third-order valence-corrected chi connectivity index (χ3v) is 6.89. The van der Waals surface area contributed by atoms with E-state index in [1.807, 2.05) is 0 Å². The molecule has 0 bridgehead atoms. The number of aldehydes is 1. The van der Waals surface area contributed by atoms with E-state index in [9.17, 15) is 33.9 Å². The number of unbranched alkanes of at least 4 members (excludes halogenated alkanes) is 10. The number of carbonyl (C=O) groups excluding carboxylic acids is 4. The summed E-state index contributed by atoms with van der Waals surface area (Å²) in [4.78, 5) is 68.1. The smallest absolute Gasteiger partial charge is 0.326 e. The van der Waals surface area contributed by atoms with Gasteiger partial charge in [0.25, 0.3) is 0 Å². The highest BCUT2D eigenvalue weighted by Crippen LogP contribution is 2.12. The molecule has 0 aromatic carbocycles. The predicted octanol–water partition coefficient (Wildman–Crippen LogP) is 1.99. The number of carbonyl (C=O) groups is 6. The third kappa shape index (κ3) is 32.6. The first-order chi connectivity index (χ1) is 22.8. The second-order valence-electron chi connectivity index (χ2n) is 11.0. The number of ether oxygens (including phenoxy) is 4. The Hall–Kier alpha value is -3.14. The number of nitrogens with one attached hydrogen (secondary N) is 3. The van der Waals surface area contributed by atoms with E-state index in [0.29, 0.717) is 39.1 Å². The summed E-state index contributed by atoms with van der Waals surface area (Å²) in [6, 6.07) is -1.13. The van der Waals surface area contributed by atoms with Gasteiger partial charge < -0.3 is 49.9 Å². The zero-order valence-corrected chi connectivity index (χ0v) is 27.8. The molecule has 0 aliphatic rings. The molecule has 0 saturated carbocycles. The molecule has 0 aliphatic heterocycles. The molecule has 5 N–H and O–H groups in total. The van der Waals surface area contributed by atoms with E-state index in [1.165, 1.54) is 0 Å². The first kappa shape index (κ1) is 43.9. The molecule has 0 aliphatic carbocycles. The molecule has 0 fully saturated rings. The van der Waals surface area contributed by atoms with Crippen molar-refractivity contribution in [2.75, 3.05) is 65.9 Å². The zero-order valence-electron chi connectivity index (χ0n) is 27.8. The highest BCUT2D eigenvalue weighted by atomic mass is 16.5. The Morgan fingerprint density at radius 3 is 1.57 bits per heavy atom. The minimum Gasteiger partial charge on any atom is -0.481 e. The lowest BCUT2D eigenvalue weighted by Crippen LogP contribution is -2.41. The average molecular weight is 676 g/mol. The van der Waals surface area contributed by atoms with E-state index in [1.54, 1.807) is 0 Å². The van der Waals surface area contributed by atoms with Gasteiger partial charge in [-0.25, -0.2) is 4.79 Å². The molecule has 0 heterocycles. The molecule has 272 valence electrons. The molecular formula is C32H57N3O12. The van der Waals surface area contributed by atoms with Gasteiger partial charge in [0.1, 0.15) is 25.5 Å². The Balaban J connectivity index is 3.69. The summed E-state index contributed by atoms with van der Waals surface area (Å²) in [7, 11) is 0. The summed E-state index contributed by atoms with van der Waals surface area (Å²) >= 11 is 0. The van der Waals surface area contributed by atoms with Gasteiger partial charge in [-0.05, 0) is 19.3 Å². The molecule has 0 spiro atoms. The molecular weight excluding hydrogens is 618 g/mol. The topological polar surface area (TPSA) is 216 Å². The van der Waals surface area contributed by atoms with Crippen LogP contribution in [0, 0.1) is 0 Å². The lowest BCUT2D eigenvalue weighted by atomic mass is 10.0. The summed E-state index contributed by atoms with van der Waals surface area (Å²) < 4.78 is 20.7. The van der Waals surface area contributed by atoms with Gasteiger partial charge in [-0.2, -0.15) is 0 Å². The van der Waals surface area contributed by atoms with E-state index in [-0.39, 0.29) is 83.0 Å². The molecule has 1 atom stereocenters. The molecule has 0 unspecified atom stereocenters. The van der Waals surface area contributed by atoms with Gasteiger partial charge in [-0.3, -0.25) is 19.2 Å². The molecule has 3 amide bonds. The van der Waals surface area contributed by atoms with Crippen LogP contribution in [0.1, 0.15) is 96.3 Å². The van der Waals surface area contributed by atoms with Crippen molar-refractivity contribution in [3.63, 3.8) is 0 Å². The summed E-state index contributed by atoms with van der Waals surface area (Å²) in [6.07, 6.45) is 12.1. The Morgan fingerprint density at radius 1 is 0.553 bits per heavy atom. The highest BCUT2D eigenvalue weighted by Gasteiger charge is 2.20. The number of amides is 3. The molecule has 0 aromatic rings. The van der Waals surface area contributed by atoms with Crippen molar-refractivity contribution < 1.29 is 57.9 Å². The fourth-order valence-electron chi connectivity index (χ4n) is 4.35. The molecule has 0 rings (SSSR count). The Kier molecular flexibility index (Phi) is 30.6. The van der Waals surface area contributed by atoms with E-state index in [0.717, 1.165) is 64.2 Å². The lowest BCUT2D eigenvalue weighted by Gasteiger charge is -2.14. The lowest BCUT2D eigenvalue weighted by molar-refractivity contribution is -0.142. The number of rotatable bonds is 35. The van der Waals surface area contributed by atoms with Gasteiger partial charge in [0.15, 0.2) is 0 Å². The molecule has 0 radical (unpaired) electrons. The number of carboxylic acid groups (broad SMARTS) is 2. The molecule has 47 heavy (non-hydrogen) atoms. The van der Waals surface area contributed by atoms with Gasteiger partial charge in [0.2, 0.25) is 17.7 Å². The Labute approximate surface area is 278 Å². The van der Waals surface area contributed by atoms with E-state index < -0.39 is 18.0 Å². The fourth-order valence-corrected chi connectivity index (χ4v) is 4.35. The third-order valence-electron chi connectivity index (χ3n) is 6.89. The maximum atomic E-state index is 12.2. The van der Waals surface area contributed by atoms with Crippen molar-refractivity contribution in [1.29, 1.82) is 0 Å². The summed E-state index contributed by atoms with van der Waals surface area (Å²) in [5, 5.41) is 25.8. The van der Waals surface area contributed by atoms with Crippen LogP contribution in [0.15, 0.2) is 0 Å². The Morgan fingerprint density at radius 2 is 1.04 bits per heavy atom. The molecule has 15 nitrogen and oxygen atoms in total. The van der Waals surface area contributed by atoms with Crippen LogP contribution in [0.5, 0.6) is 0 Å². The van der Waals surface area contributed by atoms with Crippen molar-refractivity contribution in [1.82, 2.24) is 16.0 Å². The SMILES string of the molecule is O=CCOCCOCCNC(=O)COCCOCCNC(=O)CC[C@@H](NC(=O)CCCCCCCCCCCCCC(=O)O)C(=O)O. The second kappa shape index (κ2) is 32.8. The van der Waals surface area contributed by atoms with Gasteiger partial charge in [-0.1, -0.05) is 57.8 Å². The van der Waals surface area contributed by atoms with Crippen LogP contribution in [0.4, 0.5) is 0 Å². The fraction of sp³-hybridized carbons (Fsp3) is 0.812. The van der Waals surface area contributed by atoms with Gasteiger partial charge in [-0.15, -0.1) is 0 Å². The van der Waals surface area contributed by atoms with Crippen LogP contribution in [-0.4, -0.2) is 118 Å². The molecule has 0 aromatic heterocycles. The minimum atomic E-state index is -1.18. The van der Waals surface area contributed by atoms with Crippen molar-refractivity contribution in [3.8, 4) is 0 Å². The van der Waals surface area contributed by atoms with Crippen LogP contribution in [0.25, 0.3) is 0 Å². The number of hydrogen-bond donors (Lipinski definition) is 5. The zero-order chi connectivity index (χ0) is 34.8. The van der Waals surface area contributed by atoms with Gasteiger partial charge in [0, 0.05) is 32.4 Å². The number of carboxylic acids is 2. The first-order valence-electron chi connectivity index (χ1n) is 16.8. The summed E-state index contributed by atoms with van der Waals surface area (Å²) in [6.45, 7) is 1.98. The van der Waals surface area contributed by atoms with E-state index in [4.69, 9.17) is 24.1 Å². The average Bonchev–Trinajstić information content (AvgIpc) is 3.03. The van der Waals surface area contributed by atoms with E-state index >= 15 is 0 Å². The van der Waals surface area contributed by atoms with Crippen molar-refractivity contribution in [2.45, 2.75) is 102 Å². The van der Waals surface area contributed by atoms with Crippen LogP contribution >= 0.6 is 0 Å². The highest BCUT2D eigenvalue weighted by molar-refractivity contribution is 5.84. The van der Waals surface area contributed by atoms with Gasteiger partial charge >= 0.3 is 11.9 Å². The predicted molar refractivity (Wildman–Crippen MR) is 172 cm³/mol.